The molecule has 3 aromatic rings. The first-order valence-electron chi connectivity index (χ1n) is 10.2. The lowest BCUT2D eigenvalue weighted by molar-refractivity contribution is -0.142. The van der Waals surface area contributed by atoms with Crippen molar-refractivity contribution in [3.05, 3.63) is 88.8 Å². The van der Waals surface area contributed by atoms with Crippen molar-refractivity contribution in [2.45, 2.75) is 24.9 Å². The van der Waals surface area contributed by atoms with Gasteiger partial charge < -0.3 is 19.9 Å². The Morgan fingerprint density at radius 3 is 2.67 bits per heavy atom. The fraction of sp³-hybridized carbons (Fsp3) is 0.261. The van der Waals surface area contributed by atoms with Gasteiger partial charge in [0, 0.05) is 30.6 Å². The van der Waals surface area contributed by atoms with Gasteiger partial charge in [0.25, 0.3) is 0 Å². The molecular formula is C23H21F3N4O3. The van der Waals surface area contributed by atoms with Crippen LogP contribution < -0.4 is 5.32 Å². The summed E-state index contributed by atoms with van der Waals surface area (Å²) in [5.74, 6) is -5.02. The summed E-state index contributed by atoms with van der Waals surface area (Å²) >= 11 is 0. The Morgan fingerprint density at radius 1 is 1.18 bits per heavy atom. The minimum atomic E-state index is -1.63. The van der Waals surface area contributed by atoms with E-state index in [1.807, 2.05) is 6.07 Å². The van der Waals surface area contributed by atoms with Crippen molar-refractivity contribution >= 4 is 12.0 Å². The number of urea groups is 1. The van der Waals surface area contributed by atoms with Gasteiger partial charge in [-0.2, -0.15) is 0 Å². The number of methoxy groups -OCH3 is 1. The highest BCUT2D eigenvalue weighted by atomic mass is 19.2. The molecule has 2 aromatic carbocycles. The third-order valence-corrected chi connectivity index (χ3v) is 5.61. The molecule has 4 rings (SSSR count). The predicted molar refractivity (Wildman–Crippen MR) is 112 cm³/mol. The standard InChI is InChI=1S/C23H21F3N4O3/c1-33-22(31)17(11-13-5-3-2-4-6-13)29-23(32)30-10-9-16-20(28-12-27-16)21(30)14-7-8-15(24)19(26)18(14)25/h2-8,12,17,21H,9-11H2,1H3,(H,27,28)(H,29,32)/t17-,21?/m0/s1. The van der Waals surface area contributed by atoms with Crippen molar-refractivity contribution in [1.82, 2.24) is 20.2 Å². The molecule has 0 spiro atoms. The molecule has 0 fully saturated rings. The molecule has 0 saturated heterocycles. The highest BCUT2D eigenvalue weighted by Gasteiger charge is 2.38. The van der Waals surface area contributed by atoms with E-state index in [-0.39, 0.29) is 18.5 Å². The van der Waals surface area contributed by atoms with E-state index < -0.39 is 41.5 Å². The number of imidazole rings is 1. The topological polar surface area (TPSA) is 87.3 Å². The minimum Gasteiger partial charge on any atom is -0.467 e. The summed E-state index contributed by atoms with van der Waals surface area (Å²) in [7, 11) is 1.21. The molecule has 7 nitrogen and oxygen atoms in total. The van der Waals surface area contributed by atoms with Crippen LogP contribution in [0, 0.1) is 17.5 Å². The van der Waals surface area contributed by atoms with Gasteiger partial charge in [-0.1, -0.05) is 36.4 Å². The maximum atomic E-state index is 14.7. The molecule has 1 aliphatic rings. The monoisotopic (exact) mass is 458 g/mol. The number of hydrogen-bond acceptors (Lipinski definition) is 4. The highest BCUT2D eigenvalue weighted by molar-refractivity contribution is 5.84. The second-order valence-electron chi connectivity index (χ2n) is 7.59. The number of H-pyrrole nitrogens is 1. The van der Waals surface area contributed by atoms with Crippen LogP contribution in [0.4, 0.5) is 18.0 Å². The largest absolute Gasteiger partial charge is 0.467 e. The molecule has 1 unspecified atom stereocenters. The summed E-state index contributed by atoms with van der Waals surface area (Å²) in [5, 5.41) is 2.64. The molecule has 172 valence electrons. The Balaban J connectivity index is 1.66. The van der Waals surface area contributed by atoms with Crippen LogP contribution in [-0.4, -0.2) is 46.6 Å². The lowest BCUT2D eigenvalue weighted by Crippen LogP contribution is -2.52. The normalized spacial score (nSPS) is 16.1. The Bertz CT molecular complexity index is 1170. The van der Waals surface area contributed by atoms with E-state index >= 15 is 0 Å². The van der Waals surface area contributed by atoms with Gasteiger partial charge >= 0.3 is 12.0 Å². The van der Waals surface area contributed by atoms with Gasteiger partial charge in [-0.3, -0.25) is 0 Å². The maximum absolute atomic E-state index is 14.7. The van der Waals surface area contributed by atoms with E-state index in [4.69, 9.17) is 4.74 Å². The van der Waals surface area contributed by atoms with Crippen LogP contribution in [0.5, 0.6) is 0 Å². The predicted octanol–water partition coefficient (Wildman–Crippen LogP) is 3.27. The van der Waals surface area contributed by atoms with Gasteiger partial charge in [0.1, 0.15) is 12.1 Å². The fourth-order valence-corrected chi connectivity index (χ4v) is 3.98. The zero-order valence-corrected chi connectivity index (χ0v) is 17.6. The van der Waals surface area contributed by atoms with Crippen LogP contribution in [0.3, 0.4) is 0 Å². The quantitative estimate of drug-likeness (QED) is 0.454. The summed E-state index contributed by atoms with van der Waals surface area (Å²) in [4.78, 5) is 34.0. The van der Waals surface area contributed by atoms with Crippen molar-refractivity contribution in [2.75, 3.05) is 13.7 Å². The first-order valence-corrected chi connectivity index (χ1v) is 10.2. The molecule has 2 atom stereocenters. The molecule has 2 N–H and O–H groups in total. The van der Waals surface area contributed by atoms with Gasteiger partial charge in [0.15, 0.2) is 17.5 Å². The fourth-order valence-electron chi connectivity index (χ4n) is 3.98. The number of amides is 2. The van der Waals surface area contributed by atoms with E-state index in [2.05, 4.69) is 15.3 Å². The number of carbonyl (C=O) groups excluding carboxylic acids is 2. The summed E-state index contributed by atoms with van der Waals surface area (Å²) in [5.41, 5.74) is 1.53. The van der Waals surface area contributed by atoms with Gasteiger partial charge in [-0.25, -0.2) is 27.7 Å². The van der Waals surface area contributed by atoms with E-state index in [1.54, 1.807) is 24.3 Å². The van der Waals surface area contributed by atoms with Crippen molar-refractivity contribution in [2.24, 2.45) is 0 Å². The Morgan fingerprint density at radius 2 is 1.94 bits per heavy atom. The molecule has 0 bridgehead atoms. The van der Waals surface area contributed by atoms with Crippen LogP contribution in [0.25, 0.3) is 0 Å². The summed E-state index contributed by atoms with van der Waals surface area (Å²) in [6, 6.07) is 8.10. The van der Waals surface area contributed by atoms with Crippen LogP contribution >= 0.6 is 0 Å². The first-order chi connectivity index (χ1) is 15.9. The van der Waals surface area contributed by atoms with Crippen LogP contribution in [0.2, 0.25) is 0 Å². The molecule has 33 heavy (non-hydrogen) atoms. The first kappa shape index (κ1) is 22.4. The maximum Gasteiger partial charge on any atom is 0.328 e. The number of aromatic nitrogens is 2. The van der Waals surface area contributed by atoms with Crippen LogP contribution in [0.1, 0.15) is 28.6 Å². The van der Waals surface area contributed by atoms with Crippen molar-refractivity contribution in [3.63, 3.8) is 0 Å². The molecule has 0 radical (unpaired) electrons. The smallest absolute Gasteiger partial charge is 0.328 e. The average molecular weight is 458 g/mol. The molecule has 2 heterocycles. The number of rotatable bonds is 5. The highest BCUT2D eigenvalue weighted by Crippen LogP contribution is 2.35. The second kappa shape index (κ2) is 9.35. The number of nitrogens with zero attached hydrogens (tertiary/aromatic N) is 2. The third kappa shape index (κ3) is 4.41. The van der Waals surface area contributed by atoms with E-state index in [0.29, 0.717) is 17.8 Å². The number of ether oxygens (including phenoxy) is 1. The number of nitrogens with one attached hydrogen (secondary N) is 2. The van der Waals surface area contributed by atoms with E-state index in [9.17, 15) is 22.8 Å². The summed E-state index contributed by atoms with van der Waals surface area (Å²) in [6.45, 7) is 0.128. The lowest BCUT2D eigenvalue weighted by atomic mass is 9.95. The van der Waals surface area contributed by atoms with Gasteiger partial charge in [0.2, 0.25) is 0 Å². The lowest BCUT2D eigenvalue weighted by Gasteiger charge is -2.36. The molecular weight excluding hydrogens is 437 g/mol. The molecule has 0 saturated carbocycles. The van der Waals surface area contributed by atoms with Gasteiger partial charge in [-0.05, 0) is 11.6 Å². The SMILES string of the molecule is COC(=O)[C@H](Cc1ccccc1)NC(=O)N1CCc2[nH]cnc2C1c1ccc(F)c(F)c1F. The number of fused-ring (bicyclic) bond motifs is 1. The molecule has 10 heteroatoms. The molecule has 2 amide bonds. The Kier molecular flexibility index (Phi) is 6.34. The van der Waals surface area contributed by atoms with Crippen LogP contribution in [-0.2, 0) is 22.4 Å². The number of carbonyl (C=O) groups is 2. The zero-order chi connectivity index (χ0) is 23.5. The molecule has 1 aliphatic heterocycles. The average Bonchev–Trinajstić information content (AvgIpc) is 3.31. The van der Waals surface area contributed by atoms with Gasteiger partial charge in [-0.15, -0.1) is 0 Å². The van der Waals surface area contributed by atoms with Crippen molar-refractivity contribution < 1.29 is 27.5 Å². The molecule has 0 aliphatic carbocycles. The Hall–Kier alpha value is -3.82. The van der Waals surface area contributed by atoms with Crippen LogP contribution in [0.15, 0.2) is 48.8 Å². The second-order valence-corrected chi connectivity index (χ2v) is 7.59. The number of halogens is 3. The van der Waals surface area contributed by atoms with Crippen molar-refractivity contribution in [1.29, 1.82) is 0 Å². The van der Waals surface area contributed by atoms with E-state index in [1.165, 1.54) is 18.3 Å². The van der Waals surface area contributed by atoms with Gasteiger partial charge in [0.05, 0.1) is 19.1 Å². The van der Waals surface area contributed by atoms with Crippen molar-refractivity contribution in [3.8, 4) is 0 Å². The number of hydrogen-bond donors (Lipinski definition) is 2. The summed E-state index contributed by atoms with van der Waals surface area (Å²) in [6.07, 6.45) is 1.95. The Labute approximate surface area is 187 Å². The van der Waals surface area contributed by atoms with E-state index in [0.717, 1.165) is 17.7 Å². The number of aromatic amines is 1. The molecule has 1 aromatic heterocycles. The third-order valence-electron chi connectivity index (χ3n) is 5.61. The minimum absolute atomic E-state index is 0.128. The number of benzene rings is 2. The zero-order valence-electron chi connectivity index (χ0n) is 17.6. The number of esters is 1. The summed E-state index contributed by atoms with van der Waals surface area (Å²) < 4.78 is 47.1.